The first-order valence-electron chi connectivity index (χ1n) is 10.9. The molecule has 2 aromatic carbocycles. The summed E-state index contributed by atoms with van der Waals surface area (Å²) in [6, 6.07) is 5.81. The molecule has 5 nitrogen and oxygen atoms in total. The Morgan fingerprint density at radius 1 is 1.03 bits per heavy atom. The number of aryl methyl sites for hydroxylation is 1. The van der Waals surface area contributed by atoms with E-state index < -0.39 is 23.2 Å². The van der Waals surface area contributed by atoms with Gasteiger partial charge in [0, 0.05) is 36.6 Å². The lowest BCUT2D eigenvalue weighted by molar-refractivity contribution is 0.112. The smallest absolute Gasteiger partial charge is 0.225 e. The molecule has 33 heavy (non-hydrogen) atoms. The molecule has 1 aliphatic rings. The number of ether oxygens (including phenoxy) is 1. The molecule has 0 radical (unpaired) electrons. The lowest BCUT2D eigenvalue weighted by Gasteiger charge is -2.31. The molecule has 1 aliphatic heterocycles. The molecule has 1 saturated heterocycles. The number of aldehydes is 1. The van der Waals surface area contributed by atoms with Crippen LogP contribution >= 0.6 is 0 Å². The van der Waals surface area contributed by atoms with Gasteiger partial charge in [-0.1, -0.05) is 19.1 Å². The van der Waals surface area contributed by atoms with Crippen LogP contribution < -0.4 is 9.64 Å². The van der Waals surface area contributed by atoms with Crippen LogP contribution in [0.25, 0.3) is 11.1 Å². The Balaban J connectivity index is 1.37. The first kappa shape index (κ1) is 22.8. The second-order valence-electron chi connectivity index (χ2n) is 8.11. The molecule has 0 saturated carbocycles. The van der Waals surface area contributed by atoms with Crippen molar-refractivity contribution < 1.29 is 22.7 Å². The van der Waals surface area contributed by atoms with E-state index >= 15 is 0 Å². The predicted molar refractivity (Wildman–Crippen MR) is 119 cm³/mol. The highest BCUT2D eigenvalue weighted by Crippen LogP contribution is 2.31. The number of halogens is 3. The summed E-state index contributed by atoms with van der Waals surface area (Å²) in [7, 11) is 0. The van der Waals surface area contributed by atoms with Crippen molar-refractivity contribution in [2.45, 2.75) is 26.2 Å². The van der Waals surface area contributed by atoms with E-state index in [4.69, 9.17) is 4.74 Å². The first-order valence-corrected chi connectivity index (χ1v) is 10.9. The number of piperidine rings is 1. The van der Waals surface area contributed by atoms with E-state index in [1.54, 1.807) is 0 Å². The zero-order valence-electron chi connectivity index (χ0n) is 18.2. The van der Waals surface area contributed by atoms with Crippen LogP contribution in [-0.2, 0) is 6.42 Å². The fourth-order valence-corrected chi connectivity index (χ4v) is 3.89. The van der Waals surface area contributed by atoms with Crippen molar-refractivity contribution in [3.8, 4) is 16.9 Å². The summed E-state index contributed by atoms with van der Waals surface area (Å²) in [4.78, 5) is 21.7. The molecule has 0 atom stereocenters. The number of hydrogen-bond donors (Lipinski definition) is 0. The standard InChI is InChI=1S/C25H24F3N3O2/c1-2-16-12-29-25(30-13-16)31-7-5-17(6-8-31)15-33-24-22(27)10-19(11-23(24)28)20-4-3-18(14-32)9-21(20)26/h3-4,9-14,17H,2,5-8,15H2,1H3. The predicted octanol–water partition coefficient (Wildman–Crippen LogP) is 5.23. The third kappa shape index (κ3) is 5.16. The molecule has 0 bridgehead atoms. The molecule has 8 heteroatoms. The molecular formula is C25H24F3N3O2. The van der Waals surface area contributed by atoms with E-state index in [1.807, 2.05) is 19.3 Å². The van der Waals surface area contributed by atoms with Crippen molar-refractivity contribution in [1.29, 1.82) is 0 Å². The minimum absolute atomic E-state index is 0.00603. The largest absolute Gasteiger partial charge is 0.487 e. The van der Waals surface area contributed by atoms with E-state index in [-0.39, 0.29) is 29.2 Å². The van der Waals surface area contributed by atoms with Crippen molar-refractivity contribution in [3.05, 3.63) is 71.3 Å². The van der Waals surface area contributed by atoms with Crippen molar-refractivity contribution in [3.63, 3.8) is 0 Å². The summed E-state index contributed by atoms with van der Waals surface area (Å²) in [5, 5.41) is 0. The van der Waals surface area contributed by atoms with Crippen LogP contribution in [0.3, 0.4) is 0 Å². The van der Waals surface area contributed by atoms with Crippen LogP contribution in [0.5, 0.6) is 5.75 Å². The maximum absolute atomic E-state index is 14.6. The molecule has 0 amide bonds. The van der Waals surface area contributed by atoms with Crippen LogP contribution in [0, 0.1) is 23.4 Å². The van der Waals surface area contributed by atoms with Gasteiger partial charge in [0.15, 0.2) is 17.4 Å². The normalized spacial score (nSPS) is 14.4. The Morgan fingerprint density at radius 2 is 1.70 bits per heavy atom. The van der Waals surface area contributed by atoms with Crippen molar-refractivity contribution in [2.24, 2.45) is 5.92 Å². The first-order chi connectivity index (χ1) is 16.0. The van der Waals surface area contributed by atoms with E-state index in [1.165, 1.54) is 12.1 Å². The average molecular weight is 455 g/mol. The van der Waals surface area contributed by atoms with Crippen LogP contribution in [-0.4, -0.2) is 36.0 Å². The summed E-state index contributed by atoms with van der Waals surface area (Å²) in [5.74, 6) is -2.16. The van der Waals surface area contributed by atoms with Gasteiger partial charge < -0.3 is 9.64 Å². The lowest BCUT2D eigenvalue weighted by atomic mass is 9.98. The van der Waals surface area contributed by atoms with Gasteiger partial charge in [0.25, 0.3) is 0 Å². The van der Waals surface area contributed by atoms with Gasteiger partial charge >= 0.3 is 0 Å². The SMILES string of the molecule is CCc1cnc(N2CCC(COc3c(F)cc(-c4ccc(C=O)cc4F)cc3F)CC2)nc1. The maximum atomic E-state index is 14.6. The van der Waals surface area contributed by atoms with Crippen LogP contribution in [0.15, 0.2) is 42.7 Å². The van der Waals surface area contributed by atoms with Gasteiger partial charge in [0.1, 0.15) is 12.1 Å². The number of nitrogens with zero attached hydrogens (tertiary/aromatic N) is 3. The fraction of sp³-hybridized carbons (Fsp3) is 0.320. The zero-order valence-corrected chi connectivity index (χ0v) is 18.2. The maximum Gasteiger partial charge on any atom is 0.225 e. The summed E-state index contributed by atoms with van der Waals surface area (Å²) in [5.41, 5.74) is 1.27. The van der Waals surface area contributed by atoms with Crippen molar-refractivity contribution in [2.75, 3.05) is 24.6 Å². The fourth-order valence-electron chi connectivity index (χ4n) is 3.89. The number of carbonyl (C=O) groups is 1. The van der Waals surface area contributed by atoms with Crippen molar-refractivity contribution >= 4 is 12.2 Å². The summed E-state index contributed by atoms with van der Waals surface area (Å²) >= 11 is 0. The van der Waals surface area contributed by atoms with E-state index in [0.29, 0.717) is 12.2 Å². The molecule has 0 N–H and O–H groups in total. The van der Waals surface area contributed by atoms with Gasteiger partial charge in [-0.25, -0.2) is 23.1 Å². The van der Waals surface area contributed by atoms with Crippen LogP contribution in [0.1, 0.15) is 35.7 Å². The third-order valence-electron chi connectivity index (χ3n) is 5.90. The van der Waals surface area contributed by atoms with Gasteiger partial charge in [0.05, 0.1) is 6.61 Å². The molecule has 2 heterocycles. The molecular weight excluding hydrogens is 431 g/mol. The number of rotatable bonds is 7. The second kappa shape index (κ2) is 10.0. The van der Waals surface area contributed by atoms with E-state index in [2.05, 4.69) is 14.9 Å². The van der Waals surface area contributed by atoms with Gasteiger partial charge in [-0.3, -0.25) is 4.79 Å². The van der Waals surface area contributed by atoms with Crippen molar-refractivity contribution in [1.82, 2.24) is 9.97 Å². The summed E-state index contributed by atoms with van der Waals surface area (Å²) in [6.07, 6.45) is 6.62. The Bertz CT molecular complexity index is 1110. The van der Waals surface area contributed by atoms with Crippen LogP contribution in [0.4, 0.5) is 19.1 Å². The van der Waals surface area contributed by atoms with Gasteiger partial charge in [-0.15, -0.1) is 0 Å². The summed E-state index contributed by atoms with van der Waals surface area (Å²) < 4.78 is 48.9. The number of hydrogen-bond acceptors (Lipinski definition) is 5. The van der Waals surface area contributed by atoms with E-state index in [0.717, 1.165) is 56.1 Å². The number of anilines is 1. The molecule has 4 rings (SSSR count). The minimum atomic E-state index is -0.897. The molecule has 0 spiro atoms. The molecule has 172 valence electrons. The van der Waals surface area contributed by atoms with Gasteiger partial charge in [0.2, 0.25) is 5.95 Å². The lowest BCUT2D eigenvalue weighted by Crippen LogP contribution is -2.36. The monoisotopic (exact) mass is 455 g/mol. The number of benzene rings is 2. The molecule has 1 aromatic heterocycles. The molecule has 0 aliphatic carbocycles. The molecule has 0 unspecified atom stereocenters. The minimum Gasteiger partial charge on any atom is -0.487 e. The topological polar surface area (TPSA) is 55.3 Å². The Hall–Kier alpha value is -3.42. The molecule has 3 aromatic rings. The highest BCUT2D eigenvalue weighted by molar-refractivity contribution is 5.77. The van der Waals surface area contributed by atoms with Gasteiger partial charge in [-0.05, 0) is 54.5 Å². The van der Waals surface area contributed by atoms with Gasteiger partial charge in [-0.2, -0.15) is 0 Å². The second-order valence-corrected chi connectivity index (χ2v) is 8.11. The zero-order chi connectivity index (χ0) is 23.4. The molecule has 1 fully saturated rings. The van der Waals surface area contributed by atoms with E-state index in [9.17, 15) is 18.0 Å². The average Bonchev–Trinajstić information content (AvgIpc) is 2.83. The van der Waals surface area contributed by atoms with Crippen LogP contribution in [0.2, 0.25) is 0 Å². The number of carbonyl (C=O) groups excluding carboxylic acids is 1. The highest BCUT2D eigenvalue weighted by atomic mass is 19.1. The highest BCUT2D eigenvalue weighted by Gasteiger charge is 2.23. The Kier molecular flexibility index (Phi) is 6.91. The summed E-state index contributed by atoms with van der Waals surface area (Å²) in [6.45, 7) is 3.70. The number of aromatic nitrogens is 2. The Labute approximate surface area is 190 Å². The quantitative estimate of drug-likeness (QED) is 0.457. The third-order valence-corrected chi connectivity index (χ3v) is 5.90. The Morgan fingerprint density at radius 3 is 2.27 bits per heavy atom.